The first kappa shape index (κ1) is 19.7. The van der Waals surface area contributed by atoms with Crippen molar-refractivity contribution in [3.63, 3.8) is 0 Å². The largest absolute Gasteiger partial charge is 0.573 e. The Morgan fingerprint density at radius 3 is 2.44 bits per heavy atom. The number of fused-ring (bicyclic) bond motifs is 1. The van der Waals surface area contributed by atoms with Crippen LogP contribution in [0.4, 0.5) is 13.2 Å². The molecule has 1 unspecified atom stereocenters. The van der Waals surface area contributed by atoms with E-state index in [4.69, 9.17) is 4.74 Å². The van der Waals surface area contributed by atoms with Gasteiger partial charge in [0.05, 0.1) is 12.7 Å². The van der Waals surface area contributed by atoms with Crippen LogP contribution in [0.25, 0.3) is 0 Å². The molecule has 2 aromatic rings. The number of hydrogen-bond acceptors (Lipinski definition) is 4. The van der Waals surface area contributed by atoms with Gasteiger partial charge in [0.25, 0.3) is 0 Å². The molecule has 1 atom stereocenters. The van der Waals surface area contributed by atoms with Crippen LogP contribution >= 0.6 is 0 Å². The van der Waals surface area contributed by atoms with E-state index in [0.29, 0.717) is 13.0 Å². The molecule has 1 aliphatic rings. The Kier molecular flexibility index (Phi) is 5.45. The Morgan fingerprint density at radius 2 is 1.74 bits per heavy atom. The number of rotatable bonds is 5. The SMILES string of the molecule is CN(CC1Cc2ccccc2CO1)S(=O)(=O)c1ccccc1OC(F)(F)F. The lowest BCUT2D eigenvalue weighted by Gasteiger charge is -2.29. The Hall–Kier alpha value is -2.10. The number of alkyl halides is 3. The van der Waals surface area contributed by atoms with Crippen molar-refractivity contribution in [1.29, 1.82) is 0 Å². The van der Waals surface area contributed by atoms with E-state index in [1.165, 1.54) is 19.2 Å². The highest BCUT2D eigenvalue weighted by Crippen LogP contribution is 2.31. The van der Waals surface area contributed by atoms with Gasteiger partial charge in [-0.2, -0.15) is 4.31 Å². The topological polar surface area (TPSA) is 55.8 Å². The van der Waals surface area contributed by atoms with Gasteiger partial charge >= 0.3 is 6.36 Å². The minimum Gasteiger partial charge on any atom is -0.404 e. The van der Waals surface area contributed by atoms with Gasteiger partial charge in [-0.3, -0.25) is 0 Å². The number of sulfonamides is 1. The van der Waals surface area contributed by atoms with E-state index < -0.39 is 33.1 Å². The second-order valence-corrected chi connectivity index (χ2v) is 8.20. The molecule has 0 aliphatic carbocycles. The number of nitrogens with zero attached hydrogens (tertiary/aromatic N) is 1. The molecule has 0 saturated heterocycles. The molecule has 0 fully saturated rings. The van der Waals surface area contributed by atoms with E-state index >= 15 is 0 Å². The fourth-order valence-corrected chi connectivity index (χ4v) is 4.26. The molecule has 3 rings (SSSR count). The average Bonchev–Trinajstić information content (AvgIpc) is 2.60. The predicted octanol–water partition coefficient (Wildman–Crippen LogP) is 3.35. The molecule has 5 nitrogen and oxygen atoms in total. The van der Waals surface area contributed by atoms with E-state index in [9.17, 15) is 21.6 Å². The van der Waals surface area contributed by atoms with Crippen LogP contribution < -0.4 is 4.74 Å². The van der Waals surface area contributed by atoms with Crippen molar-refractivity contribution in [2.24, 2.45) is 0 Å². The van der Waals surface area contributed by atoms with Crippen molar-refractivity contribution in [1.82, 2.24) is 4.31 Å². The first-order valence-electron chi connectivity index (χ1n) is 8.16. The second-order valence-electron chi connectivity index (χ2n) is 6.19. The maximum atomic E-state index is 12.8. The van der Waals surface area contributed by atoms with Crippen LogP contribution in [-0.4, -0.2) is 38.8 Å². The van der Waals surface area contributed by atoms with E-state index in [-0.39, 0.29) is 6.54 Å². The molecule has 1 aliphatic heterocycles. The molecular weight excluding hydrogens is 383 g/mol. The highest BCUT2D eigenvalue weighted by molar-refractivity contribution is 7.89. The van der Waals surface area contributed by atoms with Crippen LogP contribution in [0, 0.1) is 0 Å². The molecule has 0 bridgehead atoms. The van der Waals surface area contributed by atoms with Gasteiger partial charge in [-0.1, -0.05) is 36.4 Å². The fraction of sp³-hybridized carbons (Fsp3) is 0.333. The zero-order chi connectivity index (χ0) is 19.7. The normalized spacial score (nSPS) is 17.6. The monoisotopic (exact) mass is 401 g/mol. The van der Waals surface area contributed by atoms with Gasteiger partial charge in [0.2, 0.25) is 10.0 Å². The lowest BCUT2D eigenvalue weighted by molar-refractivity contribution is -0.275. The third kappa shape index (κ3) is 4.60. The van der Waals surface area contributed by atoms with Crippen LogP contribution in [-0.2, 0) is 27.8 Å². The van der Waals surface area contributed by atoms with Gasteiger partial charge in [0.15, 0.2) is 0 Å². The van der Waals surface area contributed by atoms with Crippen molar-refractivity contribution >= 4 is 10.0 Å². The summed E-state index contributed by atoms with van der Waals surface area (Å²) in [6.07, 6.45) is -4.85. The van der Waals surface area contributed by atoms with Crippen LogP contribution in [0.3, 0.4) is 0 Å². The maximum absolute atomic E-state index is 12.8. The Morgan fingerprint density at radius 1 is 1.11 bits per heavy atom. The Labute approximate surface area is 155 Å². The molecule has 146 valence electrons. The number of ether oxygens (including phenoxy) is 2. The zero-order valence-corrected chi connectivity index (χ0v) is 15.3. The fourth-order valence-electron chi connectivity index (χ4n) is 2.95. The summed E-state index contributed by atoms with van der Waals surface area (Å²) >= 11 is 0. The molecule has 2 aromatic carbocycles. The van der Waals surface area contributed by atoms with Crippen molar-refractivity contribution < 1.29 is 31.1 Å². The Bertz CT molecular complexity index is 915. The molecule has 0 N–H and O–H groups in total. The smallest absolute Gasteiger partial charge is 0.404 e. The first-order valence-corrected chi connectivity index (χ1v) is 9.60. The molecule has 9 heteroatoms. The highest BCUT2D eigenvalue weighted by atomic mass is 32.2. The van der Waals surface area contributed by atoms with Crippen molar-refractivity contribution in [3.05, 3.63) is 59.7 Å². The molecule has 1 heterocycles. The quantitative estimate of drug-likeness (QED) is 0.771. The van der Waals surface area contributed by atoms with Crippen molar-refractivity contribution in [2.45, 2.75) is 30.4 Å². The average molecular weight is 401 g/mol. The van der Waals surface area contributed by atoms with E-state index in [0.717, 1.165) is 27.6 Å². The standard InChI is InChI=1S/C18H18F3NO4S/c1-22(11-15-10-13-6-2-3-7-14(13)12-25-15)27(23,24)17-9-5-4-8-16(17)26-18(19,20)21/h2-9,15H,10-12H2,1H3. The van der Waals surface area contributed by atoms with Crippen LogP contribution in [0.15, 0.2) is 53.4 Å². The second kappa shape index (κ2) is 7.49. The van der Waals surface area contributed by atoms with Gasteiger partial charge in [-0.25, -0.2) is 8.42 Å². The summed E-state index contributed by atoms with van der Waals surface area (Å²) in [6, 6.07) is 12.4. The highest BCUT2D eigenvalue weighted by Gasteiger charge is 2.35. The molecule has 0 amide bonds. The number of para-hydroxylation sites is 1. The molecule has 0 radical (unpaired) electrons. The number of benzene rings is 2. The number of hydrogen-bond donors (Lipinski definition) is 0. The molecule has 27 heavy (non-hydrogen) atoms. The summed E-state index contributed by atoms with van der Waals surface area (Å²) in [5.74, 6) is -0.758. The zero-order valence-electron chi connectivity index (χ0n) is 14.4. The van der Waals surface area contributed by atoms with Gasteiger partial charge in [-0.15, -0.1) is 13.2 Å². The van der Waals surface area contributed by atoms with Crippen molar-refractivity contribution in [2.75, 3.05) is 13.6 Å². The van der Waals surface area contributed by atoms with Crippen LogP contribution in [0.1, 0.15) is 11.1 Å². The van der Waals surface area contributed by atoms with Crippen LogP contribution in [0.5, 0.6) is 5.75 Å². The van der Waals surface area contributed by atoms with E-state index in [1.54, 1.807) is 0 Å². The van der Waals surface area contributed by atoms with Gasteiger partial charge < -0.3 is 9.47 Å². The maximum Gasteiger partial charge on any atom is 0.573 e. The predicted molar refractivity (Wildman–Crippen MR) is 91.7 cm³/mol. The third-order valence-corrected chi connectivity index (χ3v) is 6.13. The minimum atomic E-state index is -4.99. The minimum absolute atomic E-state index is 0.0109. The summed E-state index contributed by atoms with van der Waals surface area (Å²) in [5.41, 5.74) is 2.11. The molecule has 0 aromatic heterocycles. The van der Waals surface area contributed by atoms with Gasteiger partial charge in [0, 0.05) is 20.0 Å². The summed E-state index contributed by atoms with van der Waals surface area (Å²) in [6.45, 7) is 0.375. The molecule has 0 spiro atoms. The van der Waals surface area contributed by atoms with Gasteiger partial charge in [0.1, 0.15) is 10.6 Å². The summed E-state index contributed by atoms with van der Waals surface area (Å²) < 4.78 is 73.8. The molecule has 0 saturated carbocycles. The summed E-state index contributed by atoms with van der Waals surface area (Å²) in [7, 11) is -2.88. The van der Waals surface area contributed by atoms with Gasteiger partial charge in [-0.05, 0) is 23.3 Å². The van der Waals surface area contributed by atoms with E-state index in [2.05, 4.69) is 4.74 Å². The van der Waals surface area contributed by atoms with Crippen molar-refractivity contribution in [3.8, 4) is 5.75 Å². The van der Waals surface area contributed by atoms with E-state index in [1.807, 2.05) is 24.3 Å². The number of likely N-dealkylation sites (N-methyl/N-ethyl adjacent to an activating group) is 1. The number of halogens is 3. The van der Waals surface area contributed by atoms with Crippen LogP contribution in [0.2, 0.25) is 0 Å². The lowest BCUT2D eigenvalue weighted by Crippen LogP contribution is -2.38. The molecular formula is C18H18F3NO4S. The lowest BCUT2D eigenvalue weighted by atomic mass is 9.99. The Balaban J connectivity index is 1.78. The summed E-state index contributed by atoms with van der Waals surface area (Å²) in [5, 5.41) is 0. The third-order valence-electron chi connectivity index (χ3n) is 4.26. The first-order chi connectivity index (χ1) is 12.7. The summed E-state index contributed by atoms with van der Waals surface area (Å²) in [4.78, 5) is -0.541.